The number of alkyl halides is 3. The van der Waals surface area contributed by atoms with Crippen LogP contribution in [0.25, 0.3) is 0 Å². The highest BCUT2D eigenvalue weighted by Gasteiger charge is 2.79. The third kappa shape index (κ3) is 4.11. The Morgan fingerprint density at radius 1 is 0.971 bits per heavy atom. The third-order valence-corrected chi connectivity index (χ3v) is 8.80. The van der Waals surface area contributed by atoms with E-state index in [-0.39, 0.29) is 46.1 Å². The second kappa shape index (κ2) is 7.60. The number of sulfone groups is 1. The molecule has 0 radical (unpaired) electrons. The van der Waals surface area contributed by atoms with Crippen LogP contribution < -0.4 is 14.8 Å². The van der Waals surface area contributed by atoms with Crippen molar-refractivity contribution in [3.05, 3.63) is 48.0 Å². The number of carbonyl (C=O) groups excluding carboxylic acids is 1. The fraction of sp³-hybridized carbons (Fsp3) is 0.381. The molecule has 3 aliphatic rings. The van der Waals surface area contributed by atoms with Crippen LogP contribution >= 0.6 is 0 Å². The van der Waals surface area contributed by atoms with Gasteiger partial charge in [0.05, 0.1) is 33.6 Å². The molecule has 1 amide bonds. The van der Waals surface area contributed by atoms with Crippen LogP contribution in [0.5, 0.6) is 5.75 Å². The Labute approximate surface area is 194 Å². The van der Waals surface area contributed by atoms with Gasteiger partial charge in [-0.2, -0.15) is 13.2 Å². The standard InChI is InChI=1S/C21H21F3N2O6S2/c1-32-13-3-8-16(18(27)25-20-10-19(11-20,12-20)21(22,23)24)17(9-13)26-34(30,31)15-6-4-14(5-7-15)33(2,28)29/h3-9,26H,10-12H2,1-2H3,(H,25,27). The Balaban J connectivity index is 1.57. The van der Waals surface area contributed by atoms with E-state index in [0.717, 1.165) is 30.5 Å². The van der Waals surface area contributed by atoms with Gasteiger partial charge < -0.3 is 10.1 Å². The van der Waals surface area contributed by atoms with Gasteiger partial charge in [0.15, 0.2) is 9.84 Å². The normalized spacial score (nSPS) is 23.9. The molecule has 0 atom stereocenters. The highest BCUT2D eigenvalue weighted by atomic mass is 32.2. The molecule has 0 saturated heterocycles. The van der Waals surface area contributed by atoms with Crippen molar-refractivity contribution in [1.82, 2.24) is 5.32 Å². The van der Waals surface area contributed by atoms with Gasteiger partial charge in [0.25, 0.3) is 15.9 Å². The molecule has 2 aromatic rings. The Morgan fingerprint density at radius 2 is 1.53 bits per heavy atom. The minimum Gasteiger partial charge on any atom is -0.497 e. The van der Waals surface area contributed by atoms with E-state index >= 15 is 0 Å². The molecule has 8 nitrogen and oxygen atoms in total. The summed E-state index contributed by atoms with van der Waals surface area (Å²) < 4.78 is 95.7. The number of carbonyl (C=O) groups is 1. The molecule has 5 rings (SSSR count). The number of anilines is 1. The molecule has 2 aromatic carbocycles. The van der Waals surface area contributed by atoms with Crippen LogP contribution in [0.2, 0.25) is 0 Å². The van der Waals surface area contributed by atoms with Crippen LogP contribution in [-0.2, 0) is 19.9 Å². The van der Waals surface area contributed by atoms with Crippen LogP contribution in [0.3, 0.4) is 0 Å². The van der Waals surface area contributed by atoms with E-state index in [4.69, 9.17) is 4.74 Å². The lowest BCUT2D eigenvalue weighted by Crippen LogP contribution is -2.78. The smallest absolute Gasteiger partial charge is 0.394 e. The van der Waals surface area contributed by atoms with Gasteiger partial charge in [0, 0.05) is 17.9 Å². The number of amides is 1. The molecule has 184 valence electrons. The van der Waals surface area contributed by atoms with Gasteiger partial charge in [-0.25, -0.2) is 16.8 Å². The lowest BCUT2D eigenvalue weighted by molar-refractivity contribution is -0.336. The Morgan fingerprint density at radius 3 is 2.03 bits per heavy atom. The van der Waals surface area contributed by atoms with Crippen LogP contribution in [0.15, 0.2) is 52.3 Å². The zero-order valence-corrected chi connectivity index (χ0v) is 19.7. The summed E-state index contributed by atoms with van der Waals surface area (Å²) in [6, 6.07) is 8.51. The monoisotopic (exact) mass is 518 g/mol. The largest absolute Gasteiger partial charge is 0.497 e. The molecular weight excluding hydrogens is 497 g/mol. The number of halogens is 3. The van der Waals surface area contributed by atoms with Gasteiger partial charge in [-0.1, -0.05) is 0 Å². The van der Waals surface area contributed by atoms with E-state index in [2.05, 4.69) is 10.0 Å². The predicted molar refractivity (Wildman–Crippen MR) is 116 cm³/mol. The van der Waals surface area contributed by atoms with E-state index < -0.39 is 42.9 Å². The molecule has 0 aliphatic heterocycles. The first-order valence-corrected chi connectivity index (χ1v) is 13.4. The number of rotatable bonds is 7. The molecular formula is C21H21F3N2O6S2. The first-order valence-electron chi connectivity index (χ1n) is 10.0. The molecule has 0 aromatic heterocycles. The van der Waals surface area contributed by atoms with E-state index in [1.807, 2.05) is 0 Å². The van der Waals surface area contributed by atoms with Gasteiger partial charge in [-0.15, -0.1) is 0 Å². The third-order valence-electron chi connectivity index (χ3n) is 6.29. The molecule has 0 spiro atoms. The first kappa shape index (κ1) is 24.3. The Kier molecular flexibility index (Phi) is 5.44. The van der Waals surface area contributed by atoms with Crippen molar-refractivity contribution in [3.8, 4) is 5.75 Å². The van der Waals surface area contributed by atoms with Crippen molar-refractivity contribution in [2.24, 2.45) is 5.41 Å². The fourth-order valence-electron chi connectivity index (χ4n) is 4.53. The minimum absolute atomic E-state index is 0.0666. The molecule has 3 saturated carbocycles. The fourth-order valence-corrected chi connectivity index (χ4v) is 6.23. The molecule has 13 heteroatoms. The number of benzene rings is 2. The van der Waals surface area contributed by atoms with Crippen molar-refractivity contribution < 1.29 is 39.5 Å². The van der Waals surface area contributed by atoms with E-state index in [1.54, 1.807) is 0 Å². The number of nitrogens with one attached hydrogen (secondary N) is 2. The molecule has 3 aliphatic carbocycles. The summed E-state index contributed by atoms with van der Waals surface area (Å²) in [4.78, 5) is 12.6. The summed E-state index contributed by atoms with van der Waals surface area (Å²) in [5, 5.41) is 2.62. The van der Waals surface area contributed by atoms with Crippen molar-refractivity contribution in [1.29, 1.82) is 0 Å². The highest BCUT2D eigenvalue weighted by Crippen LogP contribution is 2.73. The summed E-state index contributed by atoms with van der Waals surface area (Å²) in [5.41, 5.74) is -2.93. The second-order valence-electron chi connectivity index (χ2n) is 8.80. The van der Waals surface area contributed by atoms with Crippen LogP contribution in [0.4, 0.5) is 18.9 Å². The molecule has 3 fully saturated rings. The van der Waals surface area contributed by atoms with Gasteiger partial charge in [-0.3, -0.25) is 9.52 Å². The summed E-state index contributed by atoms with van der Waals surface area (Å²) in [5.74, 6) is -0.480. The number of ether oxygens (including phenoxy) is 1. The minimum atomic E-state index is -4.33. The Bertz CT molecular complexity index is 1350. The lowest BCUT2D eigenvalue weighted by Gasteiger charge is -2.70. The maximum Gasteiger partial charge on any atom is 0.394 e. The zero-order chi connectivity index (χ0) is 25.2. The van der Waals surface area contributed by atoms with Gasteiger partial charge in [0.2, 0.25) is 0 Å². The van der Waals surface area contributed by atoms with E-state index in [0.29, 0.717) is 0 Å². The predicted octanol–water partition coefficient (Wildman–Crippen LogP) is 3.11. The number of methoxy groups -OCH3 is 1. The average molecular weight is 519 g/mol. The van der Waals surface area contributed by atoms with E-state index in [1.165, 1.54) is 25.3 Å². The van der Waals surface area contributed by atoms with Crippen molar-refractivity contribution >= 4 is 31.5 Å². The van der Waals surface area contributed by atoms with Gasteiger partial charge in [-0.05, 0) is 55.7 Å². The number of hydrogen-bond acceptors (Lipinski definition) is 6. The summed E-state index contributed by atoms with van der Waals surface area (Å²) >= 11 is 0. The molecule has 0 heterocycles. The maximum atomic E-state index is 13.1. The van der Waals surface area contributed by atoms with Crippen LogP contribution in [0, 0.1) is 5.41 Å². The van der Waals surface area contributed by atoms with Crippen LogP contribution in [0.1, 0.15) is 29.6 Å². The number of sulfonamides is 1. The van der Waals surface area contributed by atoms with E-state index in [9.17, 15) is 34.8 Å². The van der Waals surface area contributed by atoms with Gasteiger partial charge in [0.1, 0.15) is 5.75 Å². The first-order chi connectivity index (χ1) is 15.6. The topological polar surface area (TPSA) is 119 Å². The number of hydrogen-bond donors (Lipinski definition) is 2. The maximum absolute atomic E-state index is 13.1. The summed E-state index contributed by atoms with van der Waals surface area (Å²) in [7, 11) is -6.43. The lowest BCUT2D eigenvalue weighted by atomic mass is 9.39. The molecule has 2 N–H and O–H groups in total. The zero-order valence-electron chi connectivity index (χ0n) is 18.1. The summed E-state index contributed by atoms with van der Waals surface area (Å²) in [6.45, 7) is 0. The molecule has 0 unspecified atom stereocenters. The Hall–Kier alpha value is -2.80. The van der Waals surface area contributed by atoms with Crippen molar-refractivity contribution in [2.45, 2.75) is 40.8 Å². The average Bonchev–Trinajstić information content (AvgIpc) is 2.67. The van der Waals surface area contributed by atoms with Crippen molar-refractivity contribution in [3.63, 3.8) is 0 Å². The summed E-state index contributed by atoms with van der Waals surface area (Å²) in [6.07, 6.45) is -3.97. The molecule has 2 bridgehead atoms. The second-order valence-corrected chi connectivity index (χ2v) is 12.5. The quantitative estimate of drug-likeness (QED) is 0.582. The van der Waals surface area contributed by atoms with Gasteiger partial charge >= 0.3 is 6.18 Å². The van der Waals surface area contributed by atoms with Crippen molar-refractivity contribution in [2.75, 3.05) is 18.1 Å². The highest BCUT2D eigenvalue weighted by molar-refractivity contribution is 7.92. The van der Waals surface area contributed by atoms with Crippen LogP contribution in [-0.4, -0.2) is 47.8 Å². The molecule has 34 heavy (non-hydrogen) atoms. The SMILES string of the molecule is COc1ccc(C(=O)NC23CC(C(F)(F)F)(C2)C3)c(NS(=O)(=O)c2ccc(S(C)(=O)=O)cc2)c1.